The number of aliphatic hydroxyl groups is 1. The molecule has 0 radical (unpaired) electrons. The summed E-state index contributed by atoms with van der Waals surface area (Å²) in [4.78, 5) is 0. The number of aliphatic hydroxyl groups excluding tert-OH is 1. The Labute approximate surface area is 109 Å². The lowest BCUT2D eigenvalue weighted by atomic mass is 10.0. The summed E-state index contributed by atoms with van der Waals surface area (Å²) in [5, 5.41) is 10.3. The monoisotopic (exact) mass is 298 g/mol. The van der Waals surface area contributed by atoms with Crippen molar-refractivity contribution in [3.63, 3.8) is 0 Å². The quantitative estimate of drug-likeness (QED) is 0.873. The fourth-order valence-corrected chi connectivity index (χ4v) is 3.85. The van der Waals surface area contributed by atoms with E-state index in [0.717, 1.165) is 0 Å². The first-order chi connectivity index (χ1) is 8.20. The van der Waals surface area contributed by atoms with E-state index in [2.05, 4.69) is 15.9 Å². The first kappa shape index (κ1) is 11.7. The van der Waals surface area contributed by atoms with Gasteiger partial charge in [-0.25, -0.2) is 4.39 Å². The molecule has 17 heavy (non-hydrogen) atoms. The summed E-state index contributed by atoms with van der Waals surface area (Å²) in [6.45, 7) is 0. The van der Waals surface area contributed by atoms with Crippen molar-refractivity contribution in [1.29, 1.82) is 0 Å². The molecule has 3 unspecified atom stereocenters. The zero-order valence-electron chi connectivity index (χ0n) is 9.57. The van der Waals surface area contributed by atoms with E-state index in [4.69, 9.17) is 0 Å². The number of hydrogen-bond acceptors (Lipinski definition) is 1. The maximum Gasteiger partial charge on any atom is 0.143 e. The van der Waals surface area contributed by atoms with Crippen LogP contribution in [0.4, 0.5) is 4.39 Å². The predicted molar refractivity (Wildman–Crippen MR) is 68.0 cm³/mol. The lowest BCUT2D eigenvalue weighted by Crippen LogP contribution is -2.05. The van der Waals surface area contributed by atoms with E-state index in [-0.39, 0.29) is 5.82 Å². The van der Waals surface area contributed by atoms with Crippen LogP contribution >= 0.6 is 15.9 Å². The summed E-state index contributed by atoms with van der Waals surface area (Å²) in [6.07, 6.45) is 4.33. The van der Waals surface area contributed by atoms with Crippen LogP contribution in [0, 0.1) is 23.6 Å². The Morgan fingerprint density at radius 1 is 1.24 bits per heavy atom. The first-order valence-electron chi connectivity index (χ1n) is 6.32. The van der Waals surface area contributed by atoms with Crippen LogP contribution in [0.15, 0.2) is 22.7 Å². The Kier molecular flexibility index (Phi) is 2.99. The molecule has 2 saturated carbocycles. The van der Waals surface area contributed by atoms with Crippen molar-refractivity contribution in [1.82, 2.24) is 0 Å². The van der Waals surface area contributed by atoms with Crippen molar-refractivity contribution in [2.75, 3.05) is 0 Å². The Bertz CT molecular complexity index is 422. The van der Waals surface area contributed by atoms with E-state index in [1.165, 1.54) is 25.7 Å². The van der Waals surface area contributed by atoms with Gasteiger partial charge in [0.15, 0.2) is 0 Å². The van der Waals surface area contributed by atoms with Gasteiger partial charge < -0.3 is 5.11 Å². The summed E-state index contributed by atoms with van der Waals surface area (Å²) in [7, 11) is 0. The van der Waals surface area contributed by atoms with E-state index in [1.807, 2.05) is 0 Å². The molecule has 0 saturated heterocycles. The normalized spacial score (nSPS) is 33.0. The summed E-state index contributed by atoms with van der Waals surface area (Å²) in [5.74, 6) is 1.26. The molecular weight excluding hydrogens is 283 g/mol. The zero-order valence-corrected chi connectivity index (χ0v) is 11.2. The largest absolute Gasteiger partial charge is 0.388 e. The Hall–Kier alpha value is -0.410. The highest BCUT2D eigenvalue weighted by molar-refractivity contribution is 9.10. The summed E-state index contributed by atoms with van der Waals surface area (Å²) in [5.41, 5.74) is 0.457. The average molecular weight is 299 g/mol. The topological polar surface area (TPSA) is 20.2 Å². The molecule has 0 heterocycles. The van der Waals surface area contributed by atoms with Crippen molar-refractivity contribution in [2.45, 2.75) is 31.8 Å². The summed E-state index contributed by atoms with van der Waals surface area (Å²) < 4.78 is 14.4. The summed E-state index contributed by atoms with van der Waals surface area (Å²) in [6, 6.07) is 5.17. The zero-order chi connectivity index (χ0) is 12.0. The molecule has 0 amide bonds. The Morgan fingerprint density at radius 2 is 1.88 bits per heavy atom. The smallest absolute Gasteiger partial charge is 0.143 e. The lowest BCUT2D eigenvalue weighted by Gasteiger charge is -2.12. The van der Waals surface area contributed by atoms with Gasteiger partial charge in [0.05, 0.1) is 10.6 Å². The molecule has 0 aromatic heterocycles. The fraction of sp³-hybridized carbons (Fsp3) is 0.571. The van der Waals surface area contributed by atoms with Gasteiger partial charge in [-0.3, -0.25) is 0 Å². The van der Waals surface area contributed by atoms with Crippen LogP contribution in [0.3, 0.4) is 0 Å². The van der Waals surface area contributed by atoms with Crippen molar-refractivity contribution in [3.05, 3.63) is 34.1 Å². The number of fused-ring (bicyclic) bond motifs is 1. The van der Waals surface area contributed by atoms with Crippen LogP contribution in [0.1, 0.15) is 37.4 Å². The van der Waals surface area contributed by atoms with Crippen LogP contribution in [-0.4, -0.2) is 5.11 Å². The van der Waals surface area contributed by atoms with E-state index in [9.17, 15) is 9.50 Å². The van der Waals surface area contributed by atoms with Crippen molar-refractivity contribution >= 4 is 15.9 Å². The molecule has 2 aliphatic carbocycles. The molecular formula is C14H16BrFO. The molecule has 1 aromatic rings. The second kappa shape index (κ2) is 4.36. The highest BCUT2D eigenvalue weighted by Gasteiger charge is 2.54. The van der Waals surface area contributed by atoms with E-state index >= 15 is 0 Å². The third kappa shape index (κ3) is 1.93. The second-order valence-electron chi connectivity index (χ2n) is 5.28. The first-order valence-corrected chi connectivity index (χ1v) is 7.11. The molecule has 3 heteroatoms. The number of halogens is 2. The van der Waals surface area contributed by atoms with Gasteiger partial charge in [0.1, 0.15) is 5.82 Å². The van der Waals surface area contributed by atoms with Crippen molar-refractivity contribution < 1.29 is 9.50 Å². The number of hydrogen-bond donors (Lipinski definition) is 1. The highest BCUT2D eigenvalue weighted by atomic mass is 79.9. The van der Waals surface area contributed by atoms with Crippen LogP contribution in [-0.2, 0) is 0 Å². The molecule has 3 atom stereocenters. The minimum atomic E-state index is -0.624. The highest BCUT2D eigenvalue weighted by Crippen LogP contribution is 2.60. The van der Waals surface area contributed by atoms with Crippen LogP contribution < -0.4 is 0 Å². The number of rotatable bonds is 2. The van der Waals surface area contributed by atoms with Gasteiger partial charge in [-0.05, 0) is 52.6 Å². The van der Waals surface area contributed by atoms with Gasteiger partial charge in [0.25, 0.3) is 0 Å². The molecule has 2 aliphatic rings. The molecule has 1 aromatic carbocycles. The maximum absolute atomic E-state index is 13.9. The molecule has 92 valence electrons. The molecule has 0 bridgehead atoms. The van der Waals surface area contributed by atoms with Gasteiger partial charge in [0.2, 0.25) is 0 Å². The van der Waals surface area contributed by atoms with Gasteiger partial charge in [-0.1, -0.05) is 25.0 Å². The third-order valence-electron chi connectivity index (χ3n) is 4.39. The van der Waals surface area contributed by atoms with E-state index in [0.29, 0.717) is 27.8 Å². The van der Waals surface area contributed by atoms with E-state index in [1.54, 1.807) is 18.2 Å². The van der Waals surface area contributed by atoms with Gasteiger partial charge in [-0.15, -0.1) is 0 Å². The van der Waals surface area contributed by atoms with Crippen molar-refractivity contribution in [3.8, 4) is 0 Å². The number of benzene rings is 1. The second-order valence-corrected chi connectivity index (χ2v) is 6.13. The molecule has 1 N–H and O–H groups in total. The Balaban J connectivity index is 1.83. The predicted octanol–water partition coefficient (Wildman–Crippen LogP) is 4.06. The molecule has 0 spiro atoms. The summed E-state index contributed by atoms with van der Waals surface area (Å²) >= 11 is 3.17. The van der Waals surface area contributed by atoms with Crippen LogP contribution in [0.25, 0.3) is 0 Å². The van der Waals surface area contributed by atoms with Crippen LogP contribution in [0.5, 0.6) is 0 Å². The SMILES string of the molecule is OC(c1cccc(Br)c1F)C1C2CCCCC21. The minimum absolute atomic E-state index is 0.293. The van der Waals surface area contributed by atoms with Gasteiger partial charge in [-0.2, -0.15) is 0 Å². The lowest BCUT2D eigenvalue weighted by molar-refractivity contribution is 0.137. The van der Waals surface area contributed by atoms with Gasteiger partial charge >= 0.3 is 0 Å². The standard InChI is InChI=1S/C14H16BrFO/c15-11-7-3-6-10(13(11)16)14(17)12-8-4-1-2-5-9(8)12/h3,6-9,12,14,17H,1-2,4-5H2. The molecule has 2 fully saturated rings. The van der Waals surface area contributed by atoms with E-state index < -0.39 is 6.10 Å². The van der Waals surface area contributed by atoms with Crippen molar-refractivity contribution in [2.24, 2.45) is 17.8 Å². The van der Waals surface area contributed by atoms with Gasteiger partial charge in [0, 0.05) is 5.56 Å². The maximum atomic E-state index is 13.9. The minimum Gasteiger partial charge on any atom is -0.388 e. The molecule has 1 nitrogen and oxygen atoms in total. The molecule has 3 rings (SSSR count). The molecule has 0 aliphatic heterocycles. The van der Waals surface area contributed by atoms with Crippen LogP contribution in [0.2, 0.25) is 0 Å². The Morgan fingerprint density at radius 3 is 2.53 bits per heavy atom. The fourth-order valence-electron chi connectivity index (χ4n) is 3.47. The average Bonchev–Trinajstić information content (AvgIpc) is 3.06. The third-order valence-corrected chi connectivity index (χ3v) is 5.00.